The first-order valence-corrected chi connectivity index (χ1v) is 4.47. The van der Waals surface area contributed by atoms with Crippen LogP contribution >= 0.6 is 11.6 Å². The number of amides is 1. The largest absolute Gasteiger partial charge is 0.506 e. The molecule has 0 aromatic heterocycles. The highest BCUT2D eigenvalue weighted by Crippen LogP contribution is 2.32. The molecule has 0 spiro atoms. The van der Waals surface area contributed by atoms with Gasteiger partial charge in [-0.3, -0.25) is 0 Å². The number of benzene rings is 1. The average Bonchev–Trinajstić information content (AvgIpc) is 2.57. The highest BCUT2D eigenvalue weighted by atomic mass is 35.5. The third kappa shape index (κ3) is 1.48. The van der Waals surface area contributed by atoms with E-state index in [2.05, 4.69) is 5.32 Å². The number of cyclic esters (lactones) is 1. The Balaban J connectivity index is 2.32. The number of phenolic OH excluding ortho intramolecular Hbond substituents is 1. The molecule has 14 heavy (non-hydrogen) atoms. The van der Waals surface area contributed by atoms with Crippen molar-refractivity contribution in [1.29, 1.82) is 0 Å². The van der Waals surface area contributed by atoms with Crippen LogP contribution in [0.1, 0.15) is 11.6 Å². The van der Waals surface area contributed by atoms with Crippen LogP contribution in [0.5, 0.6) is 5.75 Å². The number of rotatable bonds is 1. The number of para-hydroxylation sites is 1. The molecule has 0 bridgehead atoms. The SMILES string of the molecule is O=C1N[C@H](c2cccc(Cl)c2O)CO1. The van der Waals surface area contributed by atoms with Crippen molar-refractivity contribution in [2.75, 3.05) is 6.61 Å². The molecule has 2 rings (SSSR count). The Hall–Kier alpha value is -1.42. The lowest BCUT2D eigenvalue weighted by Crippen LogP contribution is -2.18. The molecule has 1 aromatic rings. The Morgan fingerprint density at radius 3 is 3.00 bits per heavy atom. The van der Waals surface area contributed by atoms with Crippen molar-refractivity contribution in [3.05, 3.63) is 28.8 Å². The van der Waals surface area contributed by atoms with Crippen LogP contribution in [-0.4, -0.2) is 17.8 Å². The maximum Gasteiger partial charge on any atom is 0.407 e. The van der Waals surface area contributed by atoms with Gasteiger partial charge in [-0.1, -0.05) is 23.7 Å². The van der Waals surface area contributed by atoms with Gasteiger partial charge < -0.3 is 15.2 Å². The first-order valence-electron chi connectivity index (χ1n) is 4.09. The summed E-state index contributed by atoms with van der Waals surface area (Å²) >= 11 is 5.73. The number of aromatic hydroxyl groups is 1. The van der Waals surface area contributed by atoms with Gasteiger partial charge in [0.25, 0.3) is 0 Å². The van der Waals surface area contributed by atoms with Crippen molar-refractivity contribution in [2.24, 2.45) is 0 Å². The zero-order chi connectivity index (χ0) is 10.1. The Kier molecular flexibility index (Phi) is 2.21. The minimum absolute atomic E-state index is 0.00929. The van der Waals surface area contributed by atoms with E-state index in [0.717, 1.165) is 0 Å². The van der Waals surface area contributed by atoms with Crippen LogP contribution in [0.15, 0.2) is 18.2 Å². The van der Waals surface area contributed by atoms with Crippen LogP contribution in [0.3, 0.4) is 0 Å². The Morgan fingerprint density at radius 2 is 2.36 bits per heavy atom. The van der Waals surface area contributed by atoms with E-state index in [1.54, 1.807) is 18.2 Å². The van der Waals surface area contributed by atoms with Crippen LogP contribution in [0.25, 0.3) is 0 Å². The fourth-order valence-electron chi connectivity index (χ4n) is 1.37. The summed E-state index contributed by atoms with van der Waals surface area (Å²) in [5.41, 5.74) is 0.573. The van der Waals surface area contributed by atoms with Gasteiger partial charge in [-0.2, -0.15) is 0 Å². The zero-order valence-corrected chi connectivity index (χ0v) is 7.91. The molecule has 74 valence electrons. The highest BCUT2D eigenvalue weighted by Gasteiger charge is 2.26. The van der Waals surface area contributed by atoms with Crippen molar-refractivity contribution in [3.8, 4) is 5.75 Å². The smallest absolute Gasteiger partial charge is 0.407 e. The van der Waals surface area contributed by atoms with Crippen LogP contribution in [0.2, 0.25) is 5.02 Å². The summed E-state index contributed by atoms with van der Waals surface area (Å²) in [6.07, 6.45) is -0.477. The second-order valence-corrected chi connectivity index (χ2v) is 3.38. The lowest BCUT2D eigenvalue weighted by molar-refractivity contribution is 0.177. The van der Waals surface area contributed by atoms with Gasteiger partial charge in [0.05, 0.1) is 11.1 Å². The Labute approximate surface area is 85.4 Å². The average molecular weight is 214 g/mol. The number of hydrogen-bond acceptors (Lipinski definition) is 3. The van der Waals surface area contributed by atoms with Gasteiger partial charge in [-0.25, -0.2) is 4.79 Å². The lowest BCUT2D eigenvalue weighted by Gasteiger charge is -2.10. The van der Waals surface area contributed by atoms with Crippen LogP contribution < -0.4 is 5.32 Å². The number of phenols is 1. The van der Waals surface area contributed by atoms with Crippen LogP contribution in [-0.2, 0) is 4.74 Å². The molecule has 1 aliphatic rings. The number of halogens is 1. The molecule has 2 N–H and O–H groups in total. The summed E-state index contributed by atoms with van der Waals surface area (Å²) in [6.45, 7) is 0.215. The van der Waals surface area contributed by atoms with E-state index in [1.165, 1.54) is 0 Å². The number of alkyl carbamates (subject to hydrolysis) is 1. The summed E-state index contributed by atoms with van der Waals surface area (Å²) in [7, 11) is 0. The summed E-state index contributed by atoms with van der Waals surface area (Å²) in [5.74, 6) is -0.00929. The molecule has 1 saturated heterocycles. The van der Waals surface area contributed by atoms with E-state index in [9.17, 15) is 9.90 Å². The fourth-order valence-corrected chi connectivity index (χ4v) is 1.55. The molecule has 0 radical (unpaired) electrons. The molecule has 0 unspecified atom stereocenters. The predicted molar refractivity (Wildman–Crippen MR) is 50.3 cm³/mol. The van der Waals surface area contributed by atoms with E-state index >= 15 is 0 Å². The van der Waals surface area contributed by atoms with E-state index in [0.29, 0.717) is 5.56 Å². The molecule has 1 amide bonds. The topological polar surface area (TPSA) is 58.6 Å². The normalized spacial score (nSPS) is 20.4. The zero-order valence-electron chi connectivity index (χ0n) is 7.16. The molecular formula is C9H8ClNO3. The number of carbonyl (C=O) groups is 1. The molecule has 1 fully saturated rings. The van der Waals surface area contributed by atoms with Crippen LogP contribution in [0, 0.1) is 0 Å². The first kappa shape index (κ1) is 9.15. The van der Waals surface area contributed by atoms with Crippen LogP contribution in [0.4, 0.5) is 4.79 Å². The fraction of sp³-hybridized carbons (Fsp3) is 0.222. The van der Waals surface area contributed by atoms with Gasteiger partial charge in [0, 0.05) is 5.56 Å². The quantitative estimate of drug-likeness (QED) is 0.748. The molecule has 1 aliphatic heterocycles. The number of nitrogens with one attached hydrogen (secondary N) is 1. The first-order chi connectivity index (χ1) is 6.68. The molecule has 1 heterocycles. The number of hydrogen-bond donors (Lipinski definition) is 2. The summed E-state index contributed by atoms with van der Waals surface area (Å²) in [4.78, 5) is 10.8. The third-order valence-corrected chi connectivity index (χ3v) is 2.37. The standard InChI is InChI=1S/C9H8ClNO3/c10-6-3-1-2-5(8(6)12)7-4-14-9(13)11-7/h1-3,7,12H,4H2,(H,11,13)/t7-/m0/s1. The molecule has 4 nitrogen and oxygen atoms in total. The van der Waals surface area contributed by atoms with E-state index < -0.39 is 6.09 Å². The van der Waals surface area contributed by atoms with Gasteiger partial charge in [0.2, 0.25) is 0 Å². The summed E-state index contributed by atoms with van der Waals surface area (Å²) in [5, 5.41) is 12.4. The predicted octanol–water partition coefficient (Wildman–Crippen LogP) is 1.83. The minimum atomic E-state index is -0.477. The van der Waals surface area contributed by atoms with E-state index in [1.807, 2.05) is 0 Å². The van der Waals surface area contributed by atoms with Gasteiger partial charge in [-0.05, 0) is 6.07 Å². The highest BCUT2D eigenvalue weighted by molar-refractivity contribution is 6.32. The molecular weight excluding hydrogens is 206 g/mol. The maximum absolute atomic E-state index is 10.8. The van der Waals surface area contributed by atoms with Crippen molar-refractivity contribution in [1.82, 2.24) is 5.32 Å². The molecule has 1 atom stereocenters. The Bertz CT molecular complexity index is 380. The third-order valence-electron chi connectivity index (χ3n) is 2.07. The molecule has 0 saturated carbocycles. The van der Waals surface area contributed by atoms with Gasteiger partial charge >= 0.3 is 6.09 Å². The molecule has 0 aliphatic carbocycles. The lowest BCUT2D eigenvalue weighted by atomic mass is 10.1. The minimum Gasteiger partial charge on any atom is -0.506 e. The van der Waals surface area contributed by atoms with Gasteiger partial charge in [0.1, 0.15) is 12.4 Å². The van der Waals surface area contributed by atoms with Crippen molar-refractivity contribution < 1.29 is 14.6 Å². The second-order valence-electron chi connectivity index (χ2n) is 2.97. The molecule has 5 heteroatoms. The van der Waals surface area contributed by atoms with Crippen molar-refractivity contribution in [2.45, 2.75) is 6.04 Å². The number of carbonyl (C=O) groups excluding carboxylic acids is 1. The van der Waals surface area contributed by atoms with Crippen molar-refractivity contribution >= 4 is 17.7 Å². The second kappa shape index (κ2) is 3.38. The van der Waals surface area contributed by atoms with E-state index in [4.69, 9.17) is 16.3 Å². The van der Waals surface area contributed by atoms with Gasteiger partial charge in [0.15, 0.2) is 0 Å². The monoisotopic (exact) mass is 213 g/mol. The summed E-state index contributed by atoms with van der Waals surface area (Å²) < 4.78 is 4.71. The maximum atomic E-state index is 10.8. The Morgan fingerprint density at radius 1 is 1.57 bits per heavy atom. The molecule has 1 aromatic carbocycles. The van der Waals surface area contributed by atoms with Gasteiger partial charge in [-0.15, -0.1) is 0 Å². The summed E-state index contributed by atoms with van der Waals surface area (Å²) in [6, 6.07) is 4.67. The number of ether oxygens (including phenoxy) is 1. The van der Waals surface area contributed by atoms with E-state index in [-0.39, 0.29) is 23.4 Å². The van der Waals surface area contributed by atoms with Crippen molar-refractivity contribution in [3.63, 3.8) is 0 Å².